The van der Waals surface area contributed by atoms with Gasteiger partial charge in [0, 0.05) is 11.8 Å². The lowest BCUT2D eigenvalue weighted by Crippen LogP contribution is -2.13. The first-order chi connectivity index (χ1) is 8.29. The Morgan fingerprint density at radius 3 is 2.88 bits per heavy atom. The fraction of sp³-hybridized carbons (Fsp3) is 0.200. The van der Waals surface area contributed by atoms with Gasteiger partial charge in [0.05, 0.1) is 23.1 Å². The number of amides is 1. The summed E-state index contributed by atoms with van der Waals surface area (Å²) in [5.74, 6) is -0.265. The molecule has 1 amide bonds. The van der Waals surface area contributed by atoms with Crippen LogP contribution >= 0.6 is 11.3 Å². The molecule has 0 bridgehead atoms. The van der Waals surface area contributed by atoms with Gasteiger partial charge >= 0.3 is 0 Å². The highest BCUT2D eigenvalue weighted by atomic mass is 32.1. The Balaban J connectivity index is 2.04. The van der Waals surface area contributed by atoms with Crippen LogP contribution < -0.4 is 11.1 Å². The summed E-state index contributed by atoms with van der Waals surface area (Å²) in [4.78, 5) is 23.6. The summed E-state index contributed by atoms with van der Waals surface area (Å²) in [5, 5.41) is 5.24. The SMILES string of the molecule is NCCc1nc(C(=O)Nc2cncnc2)cs1. The van der Waals surface area contributed by atoms with Crippen LogP contribution in [0.2, 0.25) is 0 Å². The molecule has 7 heteroatoms. The van der Waals surface area contributed by atoms with E-state index in [0.717, 1.165) is 5.01 Å². The number of aromatic nitrogens is 3. The third-order valence-corrected chi connectivity index (χ3v) is 2.87. The summed E-state index contributed by atoms with van der Waals surface area (Å²) >= 11 is 1.43. The standard InChI is InChI=1S/C10H11N5OS/c11-2-1-9-15-8(5-17-9)10(16)14-7-3-12-6-13-4-7/h3-6H,1-2,11H2,(H,14,16). The van der Waals surface area contributed by atoms with E-state index in [-0.39, 0.29) is 5.91 Å². The number of nitrogens with zero attached hydrogens (tertiary/aromatic N) is 3. The second-order valence-electron chi connectivity index (χ2n) is 3.25. The van der Waals surface area contributed by atoms with Crippen molar-refractivity contribution in [1.82, 2.24) is 15.0 Å². The van der Waals surface area contributed by atoms with Crippen LogP contribution in [0.3, 0.4) is 0 Å². The third-order valence-electron chi connectivity index (χ3n) is 1.96. The molecule has 2 rings (SSSR count). The van der Waals surface area contributed by atoms with Crippen LogP contribution in [0.1, 0.15) is 15.5 Å². The molecular formula is C10H11N5OS. The molecule has 2 aromatic heterocycles. The van der Waals surface area contributed by atoms with Crippen molar-refractivity contribution in [3.05, 3.63) is 34.8 Å². The van der Waals surface area contributed by atoms with Crippen LogP contribution in [0.15, 0.2) is 24.1 Å². The van der Waals surface area contributed by atoms with Crippen LogP contribution in [0.4, 0.5) is 5.69 Å². The molecule has 0 saturated carbocycles. The molecule has 0 aromatic carbocycles. The zero-order valence-corrected chi connectivity index (χ0v) is 9.78. The van der Waals surface area contributed by atoms with Gasteiger partial charge in [0.15, 0.2) is 0 Å². The third kappa shape index (κ3) is 3.05. The Labute approximate surface area is 102 Å². The largest absolute Gasteiger partial charge is 0.330 e. The van der Waals surface area contributed by atoms with E-state index in [1.807, 2.05) is 0 Å². The maximum absolute atomic E-state index is 11.8. The molecule has 0 saturated heterocycles. The predicted octanol–water partition coefficient (Wildman–Crippen LogP) is 0.687. The number of anilines is 1. The zero-order chi connectivity index (χ0) is 12.1. The molecule has 17 heavy (non-hydrogen) atoms. The molecule has 3 N–H and O–H groups in total. The van der Waals surface area contributed by atoms with Crippen LogP contribution in [0, 0.1) is 0 Å². The van der Waals surface area contributed by atoms with Crippen LogP contribution in [-0.2, 0) is 6.42 Å². The highest BCUT2D eigenvalue weighted by molar-refractivity contribution is 7.09. The lowest BCUT2D eigenvalue weighted by molar-refractivity contribution is 0.102. The number of carbonyl (C=O) groups excluding carboxylic acids is 1. The van der Waals surface area contributed by atoms with Crippen LogP contribution in [0.5, 0.6) is 0 Å². The van der Waals surface area contributed by atoms with Crippen molar-refractivity contribution >= 4 is 22.9 Å². The van der Waals surface area contributed by atoms with Gasteiger partial charge in [-0.1, -0.05) is 0 Å². The maximum Gasteiger partial charge on any atom is 0.275 e. The number of rotatable bonds is 4. The van der Waals surface area contributed by atoms with Crippen molar-refractivity contribution in [2.45, 2.75) is 6.42 Å². The molecule has 6 nitrogen and oxygen atoms in total. The van der Waals surface area contributed by atoms with Gasteiger partial charge in [-0.25, -0.2) is 15.0 Å². The molecule has 0 aliphatic rings. The summed E-state index contributed by atoms with van der Waals surface area (Å²) in [6, 6.07) is 0. The van der Waals surface area contributed by atoms with E-state index in [9.17, 15) is 4.79 Å². The first kappa shape index (κ1) is 11.6. The van der Waals surface area contributed by atoms with Crippen molar-refractivity contribution in [2.24, 2.45) is 5.73 Å². The van der Waals surface area contributed by atoms with E-state index in [4.69, 9.17) is 5.73 Å². The maximum atomic E-state index is 11.8. The normalized spacial score (nSPS) is 10.2. The van der Waals surface area contributed by atoms with Gasteiger partial charge in [0.25, 0.3) is 5.91 Å². The summed E-state index contributed by atoms with van der Waals surface area (Å²) in [6.45, 7) is 0.529. The Bertz CT molecular complexity index is 498. The molecule has 2 aromatic rings. The number of thiazole rings is 1. The minimum Gasteiger partial charge on any atom is -0.330 e. The monoisotopic (exact) mass is 249 g/mol. The Hall–Kier alpha value is -1.86. The van der Waals surface area contributed by atoms with Gasteiger partial charge < -0.3 is 11.1 Å². The molecule has 88 valence electrons. The average Bonchev–Trinajstić information content (AvgIpc) is 2.79. The highest BCUT2D eigenvalue weighted by Gasteiger charge is 2.10. The molecule has 0 aliphatic carbocycles. The summed E-state index contributed by atoms with van der Waals surface area (Å²) < 4.78 is 0. The smallest absolute Gasteiger partial charge is 0.275 e. The van der Waals surface area contributed by atoms with Crippen molar-refractivity contribution in [3.63, 3.8) is 0 Å². The molecule has 0 fully saturated rings. The van der Waals surface area contributed by atoms with Gasteiger partial charge in [-0.2, -0.15) is 0 Å². The van der Waals surface area contributed by atoms with E-state index in [1.165, 1.54) is 30.1 Å². The molecule has 2 heterocycles. The lowest BCUT2D eigenvalue weighted by Gasteiger charge is -2.00. The summed E-state index contributed by atoms with van der Waals surface area (Å²) in [6.07, 6.45) is 5.14. The van der Waals surface area contributed by atoms with Gasteiger partial charge in [-0.15, -0.1) is 11.3 Å². The van der Waals surface area contributed by atoms with E-state index in [2.05, 4.69) is 20.3 Å². The van der Waals surface area contributed by atoms with Crippen molar-refractivity contribution in [1.29, 1.82) is 0 Å². The number of carbonyl (C=O) groups is 1. The summed E-state index contributed by atoms with van der Waals surface area (Å²) in [5.41, 5.74) is 6.36. The van der Waals surface area contributed by atoms with Crippen LogP contribution in [-0.4, -0.2) is 27.4 Å². The Morgan fingerprint density at radius 2 is 2.18 bits per heavy atom. The second-order valence-corrected chi connectivity index (χ2v) is 4.19. The lowest BCUT2D eigenvalue weighted by atomic mass is 10.4. The van der Waals surface area contributed by atoms with E-state index >= 15 is 0 Å². The molecule has 0 aliphatic heterocycles. The number of hydrogen-bond acceptors (Lipinski definition) is 6. The van der Waals surface area contributed by atoms with Gasteiger partial charge in [-0.3, -0.25) is 4.79 Å². The number of nitrogens with one attached hydrogen (secondary N) is 1. The minimum absolute atomic E-state index is 0.265. The van der Waals surface area contributed by atoms with Crippen LogP contribution in [0.25, 0.3) is 0 Å². The van der Waals surface area contributed by atoms with E-state index < -0.39 is 0 Å². The predicted molar refractivity (Wildman–Crippen MR) is 64.9 cm³/mol. The number of nitrogens with two attached hydrogens (primary N) is 1. The highest BCUT2D eigenvalue weighted by Crippen LogP contribution is 2.11. The molecule has 0 spiro atoms. The van der Waals surface area contributed by atoms with Crippen molar-refractivity contribution in [3.8, 4) is 0 Å². The molecule has 0 unspecified atom stereocenters. The Kier molecular flexibility index (Phi) is 3.73. The summed E-state index contributed by atoms with van der Waals surface area (Å²) in [7, 11) is 0. The fourth-order valence-corrected chi connectivity index (χ4v) is 2.01. The number of hydrogen-bond donors (Lipinski definition) is 2. The van der Waals surface area contributed by atoms with E-state index in [1.54, 1.807) is 5.38 Å². The fourth-order valence-electron chi connectivity index (χ4n) is 1.21. The van der Waals surface area contributed by atoms with Gasteiger partial charge in [0.1, 0.15) is 12.0 Å². The molecule has 0 radical (unpaired) electrons. The van der Waals surface area contributed by atoms with Gasteiger partial charge in [-0.05, 0) is 6.54 Å². The zero-order valence-electron chi connectivity index (χ0n) is 8.96. The van der Waals surface area contributed by atoms with Crippen molar-refractivity contribution < 1.29 is 4.79 Å². The molecular weight excluding hydrogens is 238 g/mol. The Morgan fingerprint density at radius 1 is 1.41 bits per heavy atom. The van der Waals surface area contributed by atoms with Gasteiger partial charge in [0.2, 0.25) is 0 Å². The average molecular weight is 249 g/mol. The first-order valence-corrected chi connectivity index (χ1v) is 5.88. The topological polar surface area (TPSA) is 93.8 Å². The molecule has 0 atom stereocenters. The van der Waals surface area contributed by atoms with E-state index in [0.29, 0.717) is 24.3 Å². The second kappa shape index (κ2) is 5.46. The first-order valence-electron chi connectivity index (χ1n) is 5.00. The quantitative estimate of drug-likeness (QED) is 0.831. The minimum atomic E-state index is -0.265. The van der Waals surface area contributed by atoms with Crippen molar-refractivity contribution in [2.75, 3.05) is 11.9 Å².